The van der Waals surface area contributed by atoms with Gasteiger partial charge in [0.1, 0.15) is 0 Å². The first-order valence-corrected chi connectivity index (χ1v) is 8.69. The number of benzene rings is 2. The van der Waals surface area contributed by atoms with E-state index in [1.807, 2.05) is 6.92 Å². The summed E-state index contributed by atoms with van der Waals surface area (Å²) in [5, 5.41) is 0.549. The molecule has 0 radical (unpaired) electrons. The maximum Gasteiger partial charge on any atom is 0.338 e. The van der Waals surface area contributed by atoms with Gasteiger partial charge in [0, 0.05) is 10.8 Å². The van der Waals surface area contributed by atoms with Crippen molar-refractivity contribution >= 4 is 27.9 Å². The van der Waals surface area contributed by atoms with Crippen molar-refractivity contribution < 1.29 is 18.4 Å². The quantitative estimate of drug-likeness (QED) is 0.406. The number of carbonyl (C=O) groups is 1. The van der Waals surface area contributed by atoms with Crippen LogP contribution in [0.1, 0.15) is 30.1 Å². The zero-order valence-electron chi connectivity index (χ0n) is 14.6. The second-order valence-corrected chi connectivity index (χ2v) is 6.22. The summed E-state index contributed by atoms with van der Waals surface area (Å²) in [5.74, 6) is -0.481. The highest BCUT2D eigenvalue weighted by Gasteiger charge is 2.14. The summed E-state index contributed by atoms with van der Waals surface area (Å²) < 4.78 is 16.5. The van der Waals surface area contributed by atoms with E-state index in [0.29, 0.717) is 6.61 Å². The lowest BCUT2D eigenvalue weighted by Gasteiger charge is -2.05. The number of ether oxygens (including phenoxy) is 1. The minimum atomic E-state index is -0.481. The average Bonchev–Trinajstić information content (AvgIpc) is 2.70. The van der Waals surface area contributed by atoms with Crippen molar-refractivity contribution in [1.29, 1.82) is 0 Å². The molecule has 0 unspecified atom stereocenters. The van der Waals surface area contributed by atoms with Crippen LogP contribution in [0.25, 0.3) is 21.9 Å². The van der Waals surface area contributed by atoms with Crippen molar-refractivity contribution in [1.82, 2.24) is 0 Å². The van der Waals surface area contributed by atoms with Gasteiger partial charge < -0.3 is 13.6 Å². The molecule has 6 heteroatoms. The number of hydrogen-bond donors (Lipinski definition) is 0. The Bertz CT molecular complexity index is 1350. The highest BCUT2D eigenvalue weighted by Crippen LogP contribution is 2.18. The first-order valence-electron chi connectivity index (χ1n) is 8.69. The molecule has 0 fully saturated rings. The van der Waals surface area contributed by atoms with E-state index in [4.69, 9.17) is 13.6 Å². The highest BCUT2D eigenvalue weighted by atomic mass is 16.5. The first kappa shape index (κ1) is 17.0. The van der Waals surface area contributed by atoms with Gasteiger partial charge in [0.2, 0.25) is 21.7 Å². The summed E-state index contributed by atoms with van der Waals surface area (Å²) in [5.41, 5.74) is -0.394. The van der Waals surface area contributed by atoms with Crippen molar-refractivity contribution in [3.05, 3.63) is 79.3 Å². The van der Waals surface area contributed by atoms with E-state index in [-0.39, 0.29) is 38.3 Å². The number of unbranched alkanes of at least 4 members (excludes halogenated alkanes) is 1. The molecule has 136 valence electrons. The third-order valence-electron chi connectivity index (χ3n) is 4.37. The molecule has 2 aromatic carbocycles. The molecule has 27 heavy (non-hydrogen) atoms. The third-order valence-corrected chi connectivity index (χ3v) is 4.37. The van der Waals surface area contributed by atoms with E-state index >= 15 is 0 Å². The Morgan fingerprint density at radius 2 is 1.56 bits per heavy atom. The van der Waals surface area contributed by atoms with Gasteiger partial charge in [-0.1, -0.05) is 37.6 Å². The Kier molecular flexibility index (Phi) is 4.24. The zero-order chi connectivity index (χ0) is 19.0. The summed E-state index contributed by atoms with van der Waals surface area (Å²) in [6.07, 6.45) is 1.70. The molecular formula is C21H16O6. The first-order chi connectivity index (χ1) is 13.1. The predicted octanol–water partition coefficient (Wildman–Crippen LogP) is 3.58. The molecule has 0 atom stereocenters. The Labute approximate surface area is 152 Å². The normalized spacial score (nSPS) is 11.3. The number of rotatable bonds is 4. The summed E-state index contributed by atoms with van der Waals surface area (Å²) in [7, 11) is 0. The fraction of sp³-hybridized carbons (Fsp3) is 0.190. The van der Waals surface area contributed by atoms with Crippen LogP contribution in [0.4, 0.5) is 0 Å². The van der Waals surface area contributed by atoms with E-state index in [9.17, 15) is 14.4 Å². The summed E-state index contributed by atoms with van der Waals surface area (Å²) in [6.45, 7) is 2.34. The Hall–Kier alpha value is -3.41. The maximum atomic E-state index is 12.7. The van der Waals surface area contributed by atoms with Crippen LogP contribution in [-0.4, -0.2) is 12.6 Å². The standard InChI is InChI=1S/C21H16O6/c1-2-3-10-25-21(24)12-8-9-15-16(11-12)27-20-18(23)14-7-5-4-6-13(14)17(22)19(20)26-15/h4-9,11H,2-3,10H2,1H3. The molecule has 4 rings (SSSR count). The van der Waals surface area contributed by atoms with Gasteiger partial charge in [0.15, 0.2) is 11.2 Å². The van der Waals surface area contributed by atoms with Gasteiger partial charge in [0.25, 0.3) is 0 Å². The number of hydrogen-bond acceptors (Lipinski definition) is 6. The van der Waals surface area contributed by atoms with Crippen molar-refractivity contribution in [2.24, 2.45) is 0 Å². The second-order valence-electron chi connectivity index (χ2n) is 6.22. The van der Waals surface area contributed by atoms with Gasteiger partial charge in [-0.2, -0.15) is 0 Å². The highest BCUT2D eigenvalue weighted by molar-refractivity contribution is 5.92. The monoisotopic (exact) mass is 364 g/mol. The minimum Gasteiger partial charge on any atom is -0.462 e. The Balaban J connectivity index is 1.93. The molecule has 0 amide bonds. The molecule has 0 saturated carbocycles. The van der Waals surface area contributed by atoms with Gasteiger partial charge in [0.05, 0.1) is 12.2 Å². The lowest BCUT2D eigenvalue weighted by Crippen LogP contribution is -2.15. The van der Waals surface area contributed by atoms with Crippen LogP contribution >= 0.6 is 0 Å². The Morgan fingerprint density at radius 1 is 0.926 bits per heavy atom. The summed E-state index contributed by atoms with van der Waals surface area (Å²) in [4.78, 5) is 37.4. The molecule has 0 bridgehead atoms. The predicted molar refractivity (Wildman–Crippen MR) is 99.0 cm³/mol. The molecular weight excluding hydrogens is 348 g/mol. The maximum absolute atomic E-state index is 12.7. The number of esters is 1. The molecule has 6 nitrogen and oxygen atoms in total. The van der Waals surface area contributed by atoms with E-state index in [0.717, 1.165) is 12.8 Å². The van der Waals surface area contributed by atoms with Crippen LogP contribution in [0.3, 0.4) is 0 Å². The molecule has 1 aliphatic heterocycles. The van der Waals surface area contributed by atoms with E-state index < -0.39 is 16.8 Å². The second kappa shape index (κ2) is 6.72. The molecule has 0 N–H and O–H groups in total. The van der Waals surface area contributed by atoms with Gasteiger partial charge in [-0.15, -0.1) is 0 Å². The average molecular weight is 364 g/mol. The minimum absolute atomic E-state index is 0.135. The van der Waals surface area contributed by atoms with Gasteiger partial charge in [-0.05, 0) is 24.6 Å². The van der Waals surface area contributed by atoms with Crippen molar-refractivity contribution in [2.45, 2.75) is 19.8 Å². The largest absolute Gasteiger partial charge is 0.462 e. The van der Waals surface area contributed by atoms with Gasteiger partial charge in [-0.25, -0.2) is 4.79 Å². The third kappa shape index (κ3) is 2.89. The molecule has 2 aliphatic rings. The van der Waals surface area contributed by atoms with Crippen LogP contribution < -0.4 is 10.9 Å². The van der Waals surface area contributed by atoms with Crippen molar-refractivity contribution in [3.8, 4) is 0 Å². The fourth-order valence-corrected chi connectivity index (χ4v) is 2.93. The van der Waals surface area contributed by atoms with Gasteiger partial charge >= 0.3 is 5.97 Å². The van der Waals surface area contributed by atoms with Crippen LogP contribution in [0.15, 0.2) is 60.9 Å². The molecule has 2 aromatic rings. The molecule has 0 spiro atoms. The lowest BCUT2D eigenvalue weighted by atomic mass is 10.1. The van der Waals surface area contributed by atoms with Crippen LogP contribution in [0.5, 0.6) is 0 Å². The number of fused-ring (bicyclic) bond motifs is 2. The molecule has 0 aromatic heterocycles. The topological polar surface area (TPSA) is 86.7 Å². The SMILES string of the molecule is CCCCOC(=O)c1ccc2oc3c(=O)c4ccccc4c(=O)c=3oc2c1. The number of carbonyl (C=O) groups excluding carboxylic acids is 1. The molecule has 0 saturated heterocycles. The summed E-state index contributed by atoms with van der Waals surface area (Å²) >= 11 is 0. The Morgan fingerprint density at radius 3 is 2.19 bits per heavy atom. The fourth-order valence-electron chi connectivity index (χ4n) is 2.93. The smallest absolute Gasteiger partial charge is 0.338 e. The van der Waals surface area contributed by atoms with Crippen LogP contribution in [0, 0.1) is 10.8 Å². The zero-order valence-corrected chi connectivity index (χ0v) is 14.6. The molecule has 1 heterocycles. The van der Waals surface area contributed by atoms with Crippen LogP contribution in [-0.2, 0) is 4.74 Å². The van der Waals surface area contributed by atoms with E-state index in [1.54, 1.807) is 24.3 Å². The van der Waals surface area contributed by atoms with Crippen LogP contribution in [0.2, 0.25) is 0 Å². The van der Waals surface area contributed by atoms with Crippen molar-refractivity contribution in [2.75, 3.05) is 6.61 Å². The van der Waals surface area contributed by atoms with E-state index in [1.165, 1.54) is 18.2 Å². The molecule has 1 aliphatic carbocycles. The summed E-state index contributed by atoms with van der Waals surface area (Å²) in [6, 6.07) is 11.0. The lowest BCUT2D eigenvalue weighted by molar-refractivity contribution is 0.0499. The van der Waals surface area contributed by atoms with Crippen molar-refractivity contribution in [3.63, 3.8) is 0 Å². The van der Waals surface area contributed by atoms with Gasteiger partial charge in [-0.3, -0.25) is 9.59 Å². The van der Waals surface area contributed by atoms with E-state index in [2.05, 4.69) is 0 Å².